The molecule has 4 nitrogen and oxygen atoms in total. The molecule has 2 N–H and O–H groups in total. The van der Waals surface area contributed by atoms with Crippen molar-refractivity contribution in [3.8, 4) is 0 Å². The van der Waals surface area contributed by atoms with Crippen LogP contribution in [0.5, 0.6) is 0 Å². The number of amides is 1. The van der Waals surface area contributed by atoms with E-state index in [4.69, 9.17) is 0 Å². The van der Waals surface area contributed by atoms with Gasteiger partial charge in [-0.3, -0.25) is 9.59 Å². The van der Waals surface area contributed by atoms with Crippen LogP contribution in [0.2, 0.25) is 0 Å². The van der Waals surface area contributed by atoms with Gasteiger partial charge < -0.3 is 10.3 Å². The van der Waals surface area contributed by atoms with Crippen LogP contribution in [0.3, 0.4) is 0 Å². The average Bonchev–Trinajstić information content (AvgIpc) is 2.65. The van der Waals surface area contributed by atoms with Crippen LogP contribution >= 0.6 is 11.8 Å². The maximum absolute atomic E-state index is 12.4. The van der Waals surface area contributed by atoms with E-state index in [1.165, 1.54) is 17.3 Å². The number of hydrogen-bond acceptors (Lipinski definition) is 3. The lowest BCUT2D eigenvalue weighted by Crippen LogP contribution is -2.14. The normalized spacial score (nSPS) is 11.2. The van der Waals surface area contributed by atoms with Gasteiger partial charge in [-0.1, -0.05) is 32.0 Å². The van der Waals surface area contributed by atoms with E-state index >= 15 is 0 Å². The number of rotatable bonds is 6. The summed E-state index contributed by atoms with van der Waals surface area (Å²) in [4.78, 5) is 27.9. The second-order valence-corrected chi connectivity index (χ2v) is 8.39. The van der Waals surface area contributed by atoms with Crippen LogP contribution < -0.4 is 10.7 Å². The highest BCUT2D eigenvalue weighted by atomic mass is 32.2. The number of aromatic amines is 1. The van der Waals surface area contributed by atoms with Crippen LogP contribution in [-0.4, -0.2) is 16.6 Å². The van der Waals surface area contributed by atoms with Crippen LogP contribution in [0, 0.1) is 13.8 Å². The first kappa shape index (κ1) is 20.2. The van der Waals surface area contributed by atoms with E-state index in [-0.39, 0.29) is 11.3 Å². The molecule has 0 fully saturated rings. The average molecular weight is 395 g/mol. The molecular formula is C23H26N2O2S. The van der Waals surface area contributed by atoms with Gasteiger partial charge >= 0.3 is 0 Å². The van der Waals surface area contributed by atoms with Crippen molar-refractivity contribution >= 4 is 34.3 Å². The minimum absolute atomic E-state index is 0.0159. The molecule has 0 aliphatic carbocycles. The third-order valence-corrected chi connectivity index (χ3v) is 5.93. The SMILES string of the molecule is Cc1ccc2c(=O)cc(CSCC(=O)Nc3ccc(C(C)C)cc3)[nH]c2c1C. The lowest BCUT2D eigenvalue weighted by atomic mass is 10.0. The van der Waals surface area contributed by atoms with Gasteiger partial charge in [0.15, 0.2) is 5.43 Å². The van der Waals surface area contributed by atoms with Gasteiger partial charge in [0.1, 0.15) is 0 Å². The largest absolute Gasteiger partial charge is 0.357 e. The number of hydrogen-bond donors (Lipinski definition) is 2. The number of carbonyl (C=O) groups is 1. The second kappa shape index (κ2) is 8.65. The molecule has 0 unspecified atom stereocenters. The fourth-order valence-electron chi connectivity index (χ4n) is 3.09. The van der Waals surface area contributed by atoms with E-state index < -0.39 is 0 Å². The smallest absolute Gasteiger partial charge is 0.234 e. The van der Waals surface area contributed by atoms with Crippen LogP contribution in [0.15, 0.2) is 47.3 Å². The minimum Gasteiger partial charge on any atom is -0.357 e. The number of aromatic nitrogens is 1. The van der Waals surface area contributed by atoms with Crippen molar-refractivity contribution in [1.82, 2.24) is 4.98 Å². The summed E-state index contributed by atoms with van der Waals surface area (Å²) in [6.45, 7) is 8.34. The number of thioether (sulfide) groups is 1. The molecular weight excluding hydrogens is 368 g/mol. The first-order valence-corrected chi connectivity index (χ1v) is 10.6. The summed E-state index contributed by atoms with van der Waals surface area (Å²) in [6.07, 6.45) is 0. The zero-order chi connectivity index (χ0) is 20.3. The summed E-state index contributed by atoms with van der Waals surface area (Å²) in [7, 11) is 0. The Morgan fingerprint density at radius 1 is 1.11 bits per heavy atom. The maximum Gasteiger partial charge on any atom is 0.234 e. The molecule has 0 aliphatic rings. The standard InChI is InChI=1S/C23H26N2O2S/c1-14(2)17-6-8-18(9-7-17)24-22(27)13-28-12-19-11-21(26)20-10-5-15(3)16(4)23(20)25-19/h5-11,14H,12-13H2,1-4H3,(H,24,27)(H,25,26). The summed E-state index contributed by atoms with van der Waals surface area (Å²) in [6, 6.07) is 13.4. The van der Waals surface area contributed by atoms with E-state index in [0.29, 0.717) is 22.8 Å². The Morgan fingerprint density at radius 3 is 2.50 bits per heavy atom. The Morgan fingerprint density at radius 2 is 1.82 bits per heavy atom. The molecule has 0 saturated carbocycles. The number of H-pyrrole nitrogens is 1. The van der Waals surface area contributed by atoms with Crippen molar-refractivity contribution in [3.63, 3.8) is 0 Å². The quantitative estimate of drug-likeness (QED) is 0.608. The summed E-state index contributed by atoms with van der Waals surface area (Å²) in [5.74, 6) is 1.34. The first-order chi connectivity index (χ1) is 13.3. The predicted molar refractivity (Wildman–Crippen MR) is 119 cm³/mol. The third kappa shape index (κ3) is 4.65. The van der Waals surface area contributed by atoms with Crippen LogP contribution in [0.1, 0.15) is 42.1 Å². The highest BCUT2D eigenvalue weighted by molar-refractivity contribution is 7.99. The molecule has 3 rings (SSSR count). The van der Waals surface area contributed by atoms with Crippen LogP contribution in [0.25, 0.3) is 10.9 Å². The first-order valence-electron chi connectivity index (χ1n) is 9.45. The lowest BCUT2D eigenvalue weighted by molar-refractivity contribution is -0.113. The van der Waals surface area contributed by atoms with Gasteiger partial charge in [-0.2, -0.15) is 0 Å². The van der Waals surface area contributed by atoms with Gasteiger partial charge in [-0.05, 0) is 54.7 Å². The Balaban J connectivity index is 1.60. The number of aryl methyl sites for hydroxylation is 2. The van der Waals surface area contributed by atoms with Crippen molar-refractivity contribution in [3.05, 3.63) is 75.1 Å². The van der Waals surface area contributed by atoms with Gasteiger partial charge in [0.05, 0.1) is 11.3 Å². The van der Waals surface area contributed by atoms with Gasteiger partial charge in [-0.15, -0.1) is 11.8 Å². The Labute approximate surface area is 169 Å². The third-order valence-electron chi connectivity index (χ3n) is 4.94. The fraction of sp³-hybridized carbons (Fsp3) is 0.304. The number of fused-ring (bicyclic) bond motifs is 1. The van der Waals surface area contributed by atoms with Gasteiger partial charge in [0.2, 0.25) is 5.91 Å². The molecule has 3 aromatic rings. The Hall–Kier alpha value is -2.53. The summed E-state index contributed by atoms with van der Waals surface area (Å²) in [5.41, 5.74) is 6.03. The van der Waals surface area contributed by atoms with Crippen molar-refractivity contribution in [2.24, 2.45) is 0 Å². The van der Waals surface area contributed by atoms with Gasteiger partial charge in [0, 0.05) is 28.6 Å². The van der Waals surface area contributed by atoms with Crippen molar-refractivity contribution < 1.29 is 4.79 Å². The van der Waals surface area contributed by atoms with Crippen molar-refractivity contribution in [2.45, 2.75) is 39.4 Å². The highest BCUT2D eigenvalue weighted by Gasteiger charge is 2.08. The number of anilines is 1. The maximum atomic E-state index is 12.4. The number of nitrogens with one attached hydrogen (secondary N) is 2. The molecule has 0 bridgehead atoms. The molecule has 0 spiro atoms. The highest BCUT2D eigenvalue weighted by Crippen LogP contribution is 2.20. The van der Waals surface area contributed by atoms with Crippen molar-refractivity contribution in [1.29, 1.82) is 0 Å². The summed E-state index contributed by atoms with van der Waals surface area (Å²) < 4.78 is 0. The molecule has 1 heterocycles. The van der Waals surface area contributed by atoms with Crippen LogP contribution in [0.4, 0.5) is 5.69 Å². The van der Waals surface area contributed by atoms with E-state index in [1.807, 2.05) is 50.2 Å². The van der Waals surface area contributed by atoms with Gasteiger partial charge in [-0.25, -0.2) is 0 Å². The fourth-order valence-corrected chi connectivity index (χ4v) is 3.83. The molecule has 0 radical (unpaired) electrons. The number of benzene rings is 2. The zero-order valence-corrected chi connectivity index (χ0v) is 17.6. The van der Waals surface area contributed by atoms with Crippen LogP contribution in [-0.2, 0) is 10.5 Å². The molecule has 0 aliphatic heterocycles. The minimum atomic E-state index is -0.0440. The second-order valence-electron chi connectivity index (χ2n) is 7.41. The molecule has 146 valence electrons. The number of carbonyl (C=O) groups excluding carboxylic acids is 1. The van der Waals surface area contributed by atoms with Crippen molar-refractivity contribution in [2.75, 3.05) is 11.1 Å². The summed E-state index contributed by atoms with van der Waals surface area (Å²) >= 11 is 1.49. The predicted octanol–water partition coefficient (Wildman–Crippen LogP) is 5.14. The van der Waals surface area contributed by atoms with E-state index in [9.17, 15) is 9.59 Å². The Kier molecular flexibility index (Phi) is 6.25. The van der Waals surface area contributed by atoms with E-state index in [1.54, 1.807) is 6.07 Å². The molecule has 0 atom stereocenters. The summed E-state index contributed by atoms with van der Waals surface area (Å²) in [5, 5.41) is 3.63. The molecule has 1 amide bonds. The molecule has 5 heteroatoms. The number of pyridine rings is 1. The van der Waals surface area contributed by atoms with Gasteiger partial charge in [0.25, 0.3) is 0 Å². The molecule has 28 heavy (non-hydrogen) atoms. The topological polar surface area (TPSA) is 62.0 Å². The zero-order valence-electron chi connectivity index (χ0n) is 16.8. The lowest BCUT2D eigenvalue weighted by Gasteiger charge is -2.10. The monoisotopic (exact) mass is 394 g/mol. The van der Waals surface area contributed by atoms with E-state index in [2.05, 4.69) is 24.1 Å². The Bertz CT molecular complexity index is 1050. The molecule has 2 aromatic carbocycles. The molecule has 0 saturated heterocycles. The van der Waals surface area contributed by atoms with E-state index in [0.717, 1.165) is 28.0 Å². The molecule has 1 aromatic heterocycles.